The van der Waals surface area contributed by atoms with Gasteiger partial charge in [0.25, 0.3) is 5.91 Å². The van der Waals surface area contributed by atoms with Crippen molar-refractivity contribution in [2.75, 3.05) is 25.0 Å². The molecule has 1 aliphatic rings. The Morgan fingerprint density at radius 3 is 2.42 bits per heavy atom. The van der Waals surface area contributed by atoms with Crippen molar-refractivity contribution in [2.45, 2.75) is 47.5 Å². The molecule has 1 aliphatic heterocycles. The molecule has 0 bridgehead atoms. The molecular formula is C19H28N2O4S. The molecule has 1 aromatic rings. The number of thiophene rings is 1. The van der Waals surface area contributed by atoms with E-state index < -0.39 is 5.41 Å². The number of hydrogen-bond donors (Lipinski definition) is 1. The Labute approximate surface area is 158 Å². The first-order valence-corrected chi connectivity index (χ1v) is 9.83. The maximum atomic E-state index is 12.8. The van der Waals surface area contributed by atoms with E-state index in [-0.39, 0.29) is 23.7 Å². The Balaban J connectivity index is 2.00. The number of carbonyl (C=O) groups excluding carboxylic acids is 3. The predicted molar refractivity (Wildman–Crippen MR) is 102 cm³/mol. The Bertz CT molecular complexity index is 682. The number of anilines is 1. The van der Waals surface area contributed by atoms with Crippen LogP contribution in [0.1, 0.15) is 55.8 Å². The molecule has 0 atom stereocenters. The molecule has 1 aromatic heterocycles. The minimum absolute atomic E-state index is 0.0360. The minimum atomic E-state index is -0.489. The van der Waals surface area contributed by atoms with Crippen LogP contribution in [-0.4, -0.2) is 42.4 Å². The average Bonchev–Trinajstić information content (AvgIpc) is 2.94. The van der Waals surface area contributed by atoms with Gasteiger partial charge in [-0.3, -0.25) is 14.4 Å². The molecule has 0 aromatic carbocycles. The molecule has 6 nitrogen and oxygen atoms in total. The zero-order chi connectivity index (χ0) is 19.5. The molecule has 26 heavy (non-hydrogen) atoms. The Morgan fingerprint density at radius 1 is 1.27 bits per heavy atom. The molecule has 0 aliphatic carbocycles. The number of nitrogens with one attached hydrogen (secondary N) is 1. The van der Waals surface area contributed by atoms with Gasteiger partial charge in [0.1, 0.15) is 0 Å². The second kappa shape index (κ2) is 8.20. The molecule has 1 N–H and O–H groups in total. The molecule has 2 rings (SSSR count). The van der Waals surface area contributed by atoms with Crippen molar-refractivity contribution >= 4 is 34.1 Å². The third-order valence-corrected chi connectivity index (χ3v) is 5.57. The fourth-order valence-corrected chi connectivity index (χ4v) is 3.81. The van der Waals surface area contributed by atoms with Gasteiger partial charge in [0.15, 0.2) is 0 Å². The Morgan fingerprint density at radius 2 is 1.88 bits per heavy atom. The zero-order valence-corrected chi connectivity index (χ0v) is 17.0. The van der Waals surface area contributed by atoms with Crippen LogP contribution in [0.4, 0.5) is 5.00 Å². The van der Waals surface area contributed by atoms with Gasteiger partial charge in [-0.15, -0.1) is 11.3 Å². The molecule has 0 unspecified atom stereocenters. The summed E-state index contributed by atoms with van der Waals surface area (Å²) in [7, 11) is 0. The van der Waals surface area contributed by atoms with Crippen LogP contribution < -0.4 is 5.32 Å². The highest BCUT2D eigenvalue weighted by Gasteiger charge is 2.30. The first-order chi connectivity index (χ1) is 12.1. The maximum absolute atomic E-state index is 12.8. The summed E-state index contributed by atoms with van der Waals surface area (Å²) in [6.45, 7) is 10.7. The van der Waals surface area contributed by atoms with E-state index in [1.807, 2.05) is 33.8 Å². The summed E-state index contributed by atoms with van der Waals surface area (Å²) in [6, 6.07) is 1.84. The number of ether oxygens (including phenoxy) is 1. The van der Waals surface area contributed by atoms with Crippen molar-refractivity contribution in [2.24, 2.45) is 11.3 Å². The fraction of sp³-hybridized carbons (Fsp3) is 0.632. The molecule has 2 amide bonds. The largest absolute Gasteiger partial charge is 0.466 e. The van der Waals surface area contributed by atoms with Crippen LogP contribution in [0.15, 0.2) is 6.07 Å². The number of hydrogen-bond acceptors (Lipinski definition) is 5. The summed E-state index contributed by atoms with van der Waals surface area (Å²) < 4.78 is 5.07. The van der Waals surface area contributed by atoms with Crippen molar-refractivity contribution in [3.8, 4) is 0 Å². The molecular weight excluding hydrogens is 352 g/mol. The first kappa shape index (κ1) is 20.4. The normalized spacial score (nSPS) is 15.7. The maximum Gasteiger partial charge on any atom is 0.309 e. The highest BCUT2D eigenvalue weighted by atomic mass is 32.1. The highest BCUT2D eigenvalue weighted by molar-refractivity contribution is 7.18. The summed E-state index contributed by atoms with van der Waals surface area (Å²) in [5.41, 5.74) is 0.369. The molecule has 0 spiro atoms. The molecule has 1 saturated heterocycles. The Hall–Kier alpha value is -1.89. The van der Waals surface area contributed by atoms with E-state index in [0.29, 0.717) is 42.4 Å². The number of amides is 2. The summed E-state index contributed by atoms with van der Waals surface area (Å²) in [4.78, 5) is 39.2. The lowest BCUT2D eigenvalue weighted by molar-refractivity contribution is -0.149. The molecule has 7 heteroatoms. The summed E-state index contributed by atoms with van der Waals surface area (Å²) in [6.07, 6.45) is 1.26. The second-order valence-electron chi connectivity index (χ2n) is 7.65. The highest BCUT2D eigenvalue weighted by Crippen LogP contribution is 2.30. The van der Waals surface area contributed by atoms with Crippen molar-refractivity contribution in [3.05, 3.63) is 16.5 Å². The van der Waals surface area contributed by atoms with Crippen LogP contribution in [0.2, 0.25) is 0 Å². The lowest BCUT2D eigenvalue weighted by Crippen LogP contribution is -2.40. The van der Waals surface area contributed by atoms with Crippen LogP contribution in [0.5, 0.6) is 0 Å². The van der Waals surface area contributed by atoms with Gasteiger partial charge in [-0.2, -0.15) is 0 Å². The van der Waals surface area contributed by atoms with Crippen LogP contribution >= 0.6 is 11.3 Å². The first-order valence-electron chi connectivity index (χ1n) is 9.01. The minimum Gasteiger partial charge on any atom is -0.466 e. The third kappa shape index (κ3) is 4.84. The molecule has 2 heterocycles. The lowest BCUT2D eigenvalue weighted by atomic mass is 9.96. The number of aryl methyl sites for hydroxylation is 1. The van der Waals surface area contributed by atoms with E-state index >= 15 is 0 Å². The third-order valence-electron chi connectivity index (χ3n) is 4.43. The number of likely N-dealkylation sites (tertiary alicyclic amines) is 1. The number of nitrogens with zero attached hydrogens (tertiary/aromatic N) is 1. The average molecular weight is 381 g/mol. The van der Waals surface area contributed by atoms with Crippen molar-refractivity contribution in [1.82, 2.24) is 4.90 Å². The van der Waals surface area contributed by atoms with E-state index in [4.69, 9.17) is 4.74 Å². The molecule has 0 radical (unpaired) electrons. The van der Waals surface area contributed by atoms with Gasteiger partial charge < -0.3 is 15.0 Å². The van der Waals surface area contributed by atoms with E-state index in [2.05, 4.69) is 5.32 Å². The van der Waals surface area contributed by atoms with E-state index in [1.165, 1.54) is 11.3 Å². The molecule has 144 valence electrons. The number of esters is 1. The summed E-state index contributed by atoms with van der Waals surface area (Å²) >= 11 is 1.31. The van der Waals surface area contributed by atoms with E-state index in [1.54, 1.807) is 11.8 Å². The number of piperidine rings is 1. The van der Waals surface area contributed by atoms with E-state index in [9.17, 15) is 14.4 Å². The quantitative estimate of drug-likeness (QED) is 0.812. The van der Waals surface area contributed by atoms with Crippen molar-refractivity contribution < 1.29 is 19.1 Å². The fourth-order valence-electron chi connectivity index (χ4n) is 2.78. The monoisotopic (exact) mass is 380 g/mol. The van der Waals surface area contributed by atoms with Gasteiger partial charge in [-0.1, -0.05) is 20.8 Å². The number of carbonyl (C=O) groups is 3. The second-order valence-corrected chi connectivity index (χ2v) is 8.70. The van der Waals surface area contributed by atoms with Crippen molar-refractivity contribution in [3.63, 3.8) is 0 Å². The van der Waals surface area contributed by atoms with Gasteiger partial charge in [-0.25, -0.2) is 0 Å². The van der Waals surface area contributed by atoms with Gasteiger partial charge in [0, 0.05) is 18.5 Å². The molecule has 0 saturated carbocycles. The van der Waals surface area contributed by atoms with Gasteiger partial charge in [0.05, 0.1) is 22.4 Å². The van der Waals surface area contributed by atoms with Crippen LogP contribution in [0, 0.1) is 18.3 Å². The lowest BCUT2D eigenvalue weighted by Gasteiger charge is -2.30. The van der Waals surface area contributed by atoms with Gasteiger partial charge >= 0.3 is 5.97 Å². The molecule has 1 fully saturated rings. The van der Waals surface area contributed by atoms with Gasteiger partial charge in [0.2, 0.25) is 5.91 Å². The SMILES string of the molecule is CCOC(=O)C1CCN(C(=O)c2sc(NC(=O)C(C)(C)C)cc2C)CC1. The standard InChI is InChI=1S/C19H28N2O4S/c1-6-25-17(23)13-7-9-21(10-8-13)16(22)15-12(2)11-14(26-15)20-18(24)19(3,4)5/h11,13H,6-10H2,1-5H3,(H,20,24). The zero-order valence-electron chi connectivity index (χ0n) is 16.2. The summed E-state index contributed by atoms with van der Waals surface area (Å²) in [5.74, 6) is -0.400. The van der Waals surface area contributed by atoms with Gasteiger partial charge in [-0.05, 0) is 38.3 Å². The Kier molecular flexibility index (Phi) is 6.44. The number of rotatable bonds is 4. The summed E-state index contributed by atoms with van der Waals surface area (Å²) in [5, 5.41) is 3.57. The topological polar surface area (TPSA) is 75.7 Å². The van der Waals surface area contributed by atoms with Crippen LogP contribution in [-0.2, 0) is 14.3 Å². The smallest absolute Gasteiger partial charge is 0.309 e. The van der Waals surface area contributed by atoms with Crippen molar-refractivity contribution in [1.29, 1.82) is 0 Å². The van der Waals surface area contributed by atoms with Crippen LogP contribution in [0.25, 0.3) is 0 Å². The predicted octanol–water partition coefficient (Wildman–Crippen LogP) is 3.46. The van der Waals surface area contributed by atoms with Crippen LogP contribution in [0.3, 0.4) is 0 Å². The van der Waals surface area contributed by atoms with E-state index in [0.717, 1.165) is 5.56 Å².